The molecule has 0 heterocycles. The van der Waals surface area contributed by atoms with E-state index in [1.807, 2.05) is 30.3 Å². The van der Waals surface area contributed by atoms with Crippen molar-refractivity contribution in [2.24, 2.45) is 0 Å². The highest BCUT2D eigenvalue weighted by atomic mass is 127. The number of methoxy groups -OCH3 is 2. The van der Waals surface area contributed by atoms with Gasteiger partial charge in [-0.2, -0.15) is 0 Å². The molecule has 0 atom stereocenters. The van der Waals surface area contributed by atoms with Gasteiger partial charge in [0.25, 0.3) is 0 Å². The fourth-order valence-electron chi connectivity index (χ4n) is 1.87. The highest BCUT2D eigenvalue weighted by molar-refractivity contribution is 14.1. The van der Waals surface area contributed by atoms with Gasteiger partial charge in [-0.3, -0.25) is 4.79 Å². The lowest BCUT2D eigenvalue weighted by Crippen LogP contribution is -2.01. The van der Waals surface area contributed by atoms with Crippen LogP contribution in [0.5, 0.6) is 17.2 Å². The summed E-state index contributed by atoms with van der Waals surface area (Å²) >= 11 is 1.72. The molecule has 2 rings (SSSR count). The van der Waals surface area contributed by atoms with Crippen LogP contribution >= 0.6 is 22.6 Å². The zero-order valence-electron chi connectivity index (χ0n) is 11.8. The van der Waals surface area contributed by atoms with Crippen LogP contribution < -0.4 is 14.2 Å². The zero-order chi connectivity index (χ0) is 15.2. The quantitative estimate of drug-likeness (QED) is 0.548. The van der Waals surface area contributed by atoms with Crippen LogP contribution in [0.25, 0.3) is 0 Å². The molecule has 0 aliphatic rings. The van der Waals surface area contributed by atoms with Gasteiger partial charge < -0.3 is 14.2 Å². The smallest absolute Gasteiger partial charge is 0.226 e. The molecule has 0 amide bonds. The summed E-state index contributed by atoms with van der Waals surface area (Å²) in [6, 6.07) is 13.1. The van der Waals surface area contributed by atoms with Gasteiger partial charge in [-0.15, -0.1) is 0 Å². The van der Waals surface area contributed by atoms with Crippen LogP contribution in [0.4, 0.5) is 0 Å². The second-order valence-corrected chi connectivity index (χ2v) is 5.23. The summed E-state index contributed by atoms with van der Waals surface area (Å²) in [5.41, 5.74) is 1.51. The molecule has 0 fully saturated rings. The Bertz CT molecular complexity index is 626. The summed E-state index contributed by atoms with van der Waals surface area (Å²) < 4.78 is 16.2. The standard InChI is InChI=1S/C16H15IO4/c1-19-13-9-15(14(20-2)8-12(13)16(17)18)21-10-11-6-4-3-5-7-11/h3-9H,10H2,1-2H3. The number of hydrogen-bond donors (Lipinski definition) is 0. The summed E-state index contributed by atoms with van der Waals surface area (Å²) in [6.45, 7) is 0.415. The molecule has 0 bridgehead atoms. The van der Waals surface area contributed by atoms with E-state index in [1.54, 1.807) is 41.8 Å². The van der Waals surface area contributed by atoms with E-state index in [4.69, 9.17) is 14.2 Å². The molecule has 110 valence electrons. The Hall–Kier alpha value is -1.76. The van der Waals surface area contributed by atoms with Crippen molar-refractivity contribution in [1.82, 2.24) is 0 Å². The third kappa shape index (κ3) is 3.87. The van der Waals surface area contributed by atoms with Gasteiger partial charge in [0.1, 0.15) is 12.4 Å². The SMILES string of the molecule is COc1cc(C(=O)I)c(OC)cc1OCc1ccccc1. The lowest BCUT2D eigenvalue weighted by Gasteiger charge is -2.14. The van der Waals surface area contributed by atoms with Crippen molar-refractivity contribution < 1.29 is 19.0 Å². The molecule has 2 aromatic carbocycles. The van der Waals surface area contributed by atoms with E-state index in [-0.39, 0.29) is 3.79 Å². The maximum Gasteiger partial charge on any atom is 0.226 e. The van der Waals surface area contributed by atoms with Gasteiger partial charge in [-0.1, -0.05) is 30.3 Å². The maximum atomic E-state index is 11.6. The molecule has 0 aromatic heterocycles. The van der Waals surface area contributed by atoms with Crippen LogP contribution in [0.3, 0.4) is 0 Å². The molecule has 0 saturated heterocycles. The first-order valence-corrected chi connectivity index (χ1v) is 7.36. The van der Waals surface area contributed by atoms with Crippen molar-refractivity contribution >= 4 is 26.4 Å². The molecule has 4 nitrogen and oxygen atoms in total. The Morgan fingerprint density at radius 3 is 2.24 bits per heavy atom. The Kier molecular flexibility index (Phi) is 5.44. The Balaban J connectivity index is 2.28. The van der Waals surface area contributed by atoms with E-state index in [9.17, 15) is 4.79 Å². The first kappa shape index (κ1) is 15.6. The third-order valence-electron chi connectivity index (χ3n) is 2.93. The van der Waals surface area contributed by atoms with Crippen LogP contribution in [0.2, 0.25) is 0 Å². The average molecular weight is 398 g/mol. The minimum absolute atomic E-state index is 0.114. The van der Waals surface area contributed by atoms with E-state index in [1.165, 1.54) is 7.11 Å². The number of carbonyl (C=O) groups is 1. The first-order chi connectivity index (χ1) is 10.2. The van der Waals surface area contributed by atoms with Crippen molar-refractivity contribution in [1.29, 1.82) is 0 Å². The first-order valence-electron chi connectivity index (χ1n) is 6.28. The number of halogens is 1. The molecule has 2 aromatic rings. The van der Waals surface area contributed by atoms with Crippen molar-refractivity contribution in [3.63, 3.8) is 0 Å². The molecule has 0 spiro atoms. The Labute approximate surface area is 137 Å². The predicted octanol–water partition coefficient (Wildman–Crippen LogP) is 3.86. The van der Waals surface area contributed by atoms with Gasteiger partial charge in [0, 0.05) is 28.7 Å². The molecule has 5 heteroatoms. The van der Waals surface area contributed by atoms with E-state index < -0.39 is 0 Å². The van der Waals surface area contributed by atoms with Gasteiger partial charge in [0.2, 0.25) is 3.79 Å². The van der Waals surface area contributed by atoms with E-state index >= 15 is 0 Å². The van der Waals surface area contributed by atoms with Gasteiger partial charge >= 0.3 is 0 Å². The molecule has 0 unspecified atom stereocenters. The van der Waals surface area contributed by atoms with Crippen molar-refractivity contribution in [2.45, 2.75) is 6.61 Å². The monoisotopic (exact) mass is 398 g/mol. The number of ether oxygens (including phenoxy) is 3. The molecular weight excluding hydrogens is 383 g/mol. The number of hydrogen-bond acceptors (Lipinski definition) is 4. The fourth-order valence-corrected chi connectivity index (χ4v) is 2.29. The maximum absolute atomic E-state index is 11.6. The molecule has 21 heavy (non-hydrogen) atoms. The molecule has 0 aliphatic heterocycles. The normalized spacial score (nSPS) is 10.0. The van der Waals surface area contributed by atoms with E-state index in [0.717, 1.165) is 5.56 Å². The Morgan fingerprint density at radius 1 is 1.00 bits per heavy atom. The third-order valence-corrected chi connectivity index (χ3v) is 3.52. The Morgan fingerprint density at radius 2 is 1.67 bits per heavy atom. The van der Waals surface area contributed by atoms with Crippen LogP contribution in [-0.4, -0.2) is 18.0 Å². The lowest BCUT2D eigenvalue weighted by molar-refractivity contribution is 0.110. The van der Waals surface area contributed by atoms with Crippen LogP contribution in [0, 0.1) is 0 Å². The minimum atomic E-state index is -0.114. The summed E-state index contributed by atoms with van der Waals surface area (Å²) in [6.07, 6.45) is 0. The molecular formula is C16H15IO4. The van der Waals surface area contributed by atoms with Gasteiger partial charge in [-0.05, 0) is 11.6 Å². The summed E-state index contributed by atoms with van der Waals surface area (Å²) in [7, 11) is 3.06. The average Bonchev–Trinajstić information content (AvgIpc) is 2.52. The van der Waals surface area contributed by atoms with Crippen LogP contribution in [0.15, 0.2) is 42.5 Å². The van der Waals surface area contributed by atoms with Crippen molar-refractivity contribution in [2.75, 3.05) is 14.2 Å². The summed E-state index contributed by atoms with van der Waals surface area (Å²) in [5, 5.41) is 0. The molecule has 0 aliphatic carbocycles. The second kappa shape index (κ2) is 7.31. The highest BCUT2D eigenvalue weighted by Crippen LogP contribution is 2.36. The van der Waals surface area contributed by atoms with Crippen molar-refractivity contribution in [3.8, 4) is 17.2 Å². The minimum Gasteiger partial charge on any atom is -0.496 e. The van der Waals surface area contributed by atoms with Gasteiger partial charge in [0.05, 0.1) is 19.8 Å². The molecule has 0 radical (unpaired) electrons. The van der Waals surface area contributed by atoms with Crippen molar-refractivity contribution in [3.05, 3.63) is 53.6 Å². The van der Waals surface area contributed by atoms with E-state index in [0.29, 0.717) is 29.4 Å². The molecule has 0 saturated carbocycles. The number of rotatable bonds is 6. The fraction of sp³-hybridized carbons (Fsp3) is 0.188. The molecule has 0 N–H and O–H groups in total. The van der Waals surface area contributed by atoms with Crippen LogP contribution in [0.1, 0.15) is 15.9 Å². The highest BCUT2D eigenvalue weighted by Gasteiger charge is 2.16. The van der Waals surface area contributed by atoms with Gasteiger partial charge in [-0.25, -0.2) is 0 Å². The van der Waals surface area contributed by atoms with E-state index in [2.05, 4.69) is 0 Å². The van der Waals surface area contributed by atoms with Crippen LogP contribution in [-0.2, 0) is 6.61 Å². The summed E-state index contributed by atoms with van der Waals surface area (Å²) in [4.78, 5) is 11.6. The van der Waals surface area contributed by atoms with Gasteiger partial charge in [0.15, 0.2) is 11.5 Å². The number of carbonyl (C=O) groups excluding carboxylic acids is 1. The topological polar surface area (TPSA) is 44.8 Å². The zero-order valence-corrected chi connectivity index (χ0v) is 13.9. The largest absolute Gasteiger partial charge is 0.496 e. The second-order valence-electron chi connectivity index (χ2n) is 4.25. The predicted molar refractivity (Wildman–Crippen MR) is 88.7 cm³/mol. The number of benzene rings is 2. The summed E-state index contributed by atoms with van der Waals surface area (Å²) in [5.74, 6) is 1.52. The lowest BCUT2D eigenvalue weighted by atomic mass is 10.2.